The molecule has 0 saturated heterocycles. The molecule has 0 bridgehead atoms. The molecule has 3 rings (SSSR count). The van der Waals surface area contributed by atoms with Crippen molar-refractivity contribution in [2.24, 2.45) is 0 Å². The lowest BCUT2D eigenvalue weighted by Crippen LogP contribution is -2.26. The molecule has 0 fully saturated rings. The van der Waals surface area contributed by atoms with Gasteiger partial charge in [-0.15, -0.1) is 0 Å². The number of aromatic nitrogens is 2. The van der Waals surface area contributed by atoms with E-state index in [1.165, 1.54) is 12.1 Å². The third-order valence-electron chi connectivity index (χ3n) is 3.79. The molecule has 3 aromatic rings. The molecule has 0 aliphatic carbocycles. The molecule has 5 nitrogen and oxygen atoms in total. The molecule has 0 saturated carbocycles. The highest BCUT2D eigenvalue weighted by Gasteiger charge is 2.14. The number of rotatable bonds is 3. The van der Waals surface area contributed by atoms with E-state index in [4.69, 9.17) is 23.8 Å². The predicted molar refractivity (Wildman–Crippen MR) is 97.0 cm³/mol. The molecule has 0 spiro atoms. The quantitative estimate of drug-likeness (QED) is 0.606. The van der Waals surface area contributed by atoms with Crippen LogP contribution in [0, 0.1) is 10.6 Å². The van der Waals surface area contributed by atoms with Crippen LogP contribution in [0.3, 0.4) is 0 Å². The van der Waals surface area contributed by atoms with Crippen molar-refractivity contribution in [2.75, 3.05) is 0 Å². The number of fused-ring (bicyclic) bond motifs is 1. The van der Waals surface area contributed by atoms with E-state index < -0.39 is 5.82 Å². The zero-order chi connectivity index (χ0) is 18.1. The number of nitrogens with one attached hydrogen (secondary N) is 3. The van der Waals surface area contributed by atoms with Gasteiger partial charge in [-0.2, -0.15) is 0 Å². The second-order valence-corrected chi connectivity index (χ2v) is 6.35. The Morgan fingerprint density at radius 3 is 2.72 bits per heavy atom. The van der Waals surface area contributed by atoms with Crippen LogP contribution in [-0.2, 0) is 0 Å². The SMILES string of the molecule is CC(NC(=O)c1ccc2c(=O)[nH]c(=S)[nH]c2c1)c1ccc(F)c(Cl)c1. The Labute approximate surface area is 151 Å². The van der Waals surface area contributed by atoms with E-state index in [9.17, 15) is 14.0 Å². The van der Waals surface area contributed by atoms with Crippen LogP contribution in [0.2, 0.25) is 5.02 Å². The molecule has 25 heavy (non-hydrogen) atoms. The lowest BCUT2D eigenvalue weighted by atomic mass is 10.1. The Bertz CT molecular complexity index is 1090. The van der Waals surface area contributed by atoms with Gasteiger partial charge in [0.1, 0.15) is 5.82 Å². The third kappa shape index (κ3) is 3.62. The molecule has 1 aromatic heterocycles. The van der Waals surface area contributed by atoms with E-state index >= 15 is 0 Å². The lowest BCUT2D eigenvalue weighted by Gasteiger charge is -2.15. The van der Waals surface area contributed by atoms with Gasteiger partial charge in [0, 0.05) is 5.56 Å². The van der Waals surface area contributed by atoms with Crippen molar-refractivity contribution in [3.63, 3.8) is 0 Å². The fraction of sp³-hybridized carbons (Fsp3) is 0.118. The molecular weight excluding hydrogens is 365 g/mol. The number of carbonyl (C=O) groups is 1. The van der Waals surface area contributed by atoms with E-state index in [2.05, 4.69) is 15.3 Å². The molecule has 1 amide bonds. The van der Waals surface area contributed by atoms with Gasteiger partial charge in [0.25, 0.3) is 11.5 Å². The van der Waals surface area contributed by atoms with Crippen molar-refractivity contribution in [1.29, 1.82) is 0 Å². The number of aromatic amines is 2. The Morgan fingerprint density at radius 1 is 1.24 bits per heavy atom. The van der Waals surface area contributed by atoms with E-state index in [0.29, 0.717) is 22.0 Å². The summed E-state index contributed by atoms with van der Waals surface area (Å²) < 4.78 is 13.4. The molecular formula is C17H13ClFN3O2S. The summed E-state index contributed by atoms with van der Waals surface area (Å²) in [5.74, 6) is -0.853. The summed E-state index contributed by atoms with van der Waals surface area (Å²) in [5.41, 5.74) is 1.19. The minimum Gasteiger partial charge on any atom is -0.346 e. The van der Waals surface area contributed by atoms with Gasteiger partial charge < -0.3 is 10.3 Å². The van der Waals surface area contributed by atoms with Gasteiger partial charge in [0.2, 0.25) is 0 Å². The fourth-order valence-corrected chi connectivity index (χ4v) is 2.85. The van der Waals surface area contributed by atoms with Crippen molar-refractivity contribution in [3.05, 3.63) is 73.5 Å². The van der Waals surface area contributed by atoms with Gasteiger partial charge in [-0.1, -0.05) is 17.7 Å². The molecule has 2 aromatic carbocycles. The fourth-order valence-electron chi connectivity index (χ4n) is 2.46. The number of carbonyl (C=O) groups excluding carboxylic acids is 1. The van der Waals surface area contributed by atoms with Crippen LogP contribution in [0.1, 0.15) is 28.9 Å². The van der Waals surface area contributed by atoms with Gasteiger partial charge in [0.15, 0.2) is 4.77 Å². The van der Waals surface area contributed by atoms with Gasteiger partial charge in [0.05, 0.1) is 22.0 Å². The van der Waals surface area contributed by atoms with Crippen LogP contribution in [0.4, 0.5) is 4.39 Å². The summed E-state index contributed by atoms with van der Waals surface area (Å²) in [6.45, 7) is 1.76. The first kappa shape index (κ1) is 17.3. The first-order valence-corrected chi connectivity index (χ1v) is 8.16. The zero-order valence-corrected chi connectivity index (χ0v) is 14.6. The van der Waals surface area contributed by atoms with E-state index in [1.54, 1.807) is 31.2 Å². The highest BCUT2D eigenvalue weighted by molar-refractivity contribution is 7.71. The van der Waals surface area contributed by atoms with Crippen molar-refractivity contribution in [3.8, 4) is 0 Å². The summed E-state index contributed by atoms with van der Waals surface area (Å²) >= 11 is 10.7. The summed E-state index contributed by atoms with van der Waals surface area (Å²) in [5, 5.41) is 3.21. The summed E-state index contributed by atoms with van der Waals surface area (Å²) in [4.78, 5) is 29.6. The van der Waals surface area contributed by atoms with Crippen molar-refractivity contribution in [2.45, 2.75) is 13.0 Å². The largest absolute Gasteiger partial charge is 0.346 e. The van der Waals surface area contributed by atoms with Crippen LogP contribution >= 0.6 is 23.8 Å². The second-order valence-electron chi connectivity index (χ2n) is 5.54. The third-order valence-corrected chi connectivity index (χ3v) is 4.29. The number of benzene rings is 2. The predicted octanol–water partition coefficient (Wildman–Crippen LogP) is 3.87. The van der Waals surface area contributed by atoms with Crippen LogP contribution in [0.15, 0.2) is 41.2 Å². The van der Waals surface area contributed by atoms with Crippen LogP contribution in [-0.4, -0.2) is 15.9 Å². The number of H-pyrrole nitrogens is 2. The smallest absolute Gasteiger partial charge is 0.259 e. The maximum Gasteiger partial charge on any atom is 0.259 e. The number of halogens is 2. The maximum absolute atomic E-state index is 13.2. The van der Waals surface area contributed by atoms with Crippen molar-refractivity contribution in [1.82, 2.24) is 15.3 Å². The maximum atomic E-state index is 13.2. The second kappa shape index (κ2) is 6.78. The normalized spacial score (nSPS) is 12.1. The Hall–Kier alpha value is -2.51. The Morgan fingerprint density at radius 2 is 2.00 bits per heavy atom. The van der Waals surface area contributed by atoms with Gasteiger partial charge >= 0.3 is 0 Å². The average Bonchev–Trinajstić information content (AvgIpc) is 2.56. The molecule has 3 N–H and O–H groups in total. The Kier molecular flexibility index (Phi) is 4.69. The number of hydrogen-bond acceptors (Lipinski definition) is 3. The first-order chi connectivity index (χ1) is 11.8. The van der Waals surface area contributed by atoms with E-state index in [1.807, 2.05) is 0 Å². The highest BCUT2D eigenvalue weighted by atomic mass is 35.5. The molecule has 0 aliphatic rings. The van der Waals surface area contributed by atoms with E-state index in [0.717, 1.165) is 0 Å². The standard InChI is InChI=1S/C17H13ClFN3O2S/c1-8(9-3-5-13(19)12(18)6-9)20-15(23)10-2-4-11-14(7-10)21-17(25)22-16(11)24/h2-8H,1H3,(H,20,23)(H2,21,22,24,25). The summed E-state index contributed by atoms with van der Waals surface area (Å²) in [6.07, 6.45) is 0. The number of amides is 1. The topological polar surface area (TPSA) is 77.8 Å². The molecule has 1 atom stereocenters. The van der Waals surface area contributed by atoms with Gasteiger partial charge in [-0.05, 0) is 55.0 Å². The van der Waals surface area contributed by atoms with Crippen molar-refractivity contribution < 1.29 is 9.18 Å². The van der Waals surface area contributed by atoms with Crippen LogP contribution in [0.25, 0.3) is 10.9 Å². The summed E-state index contributed by atoms with van der Waals surface area (Å²) in [6, 6.07) is 8.56. The minimum absolute atomic E-state index is 0.00361. The zero-order valence-electron chi connectivity index (χ0n) is 13.0. The monoisotopic (exact) mass is 377 g/mol. The lowest BCUT2D eigenvalue weighted by molar-refractivity contribution is 0.0940. The van der Waals surface area contributed by atoms with Gasteiger partial charge in [-0.25, -0.2) is 4.39 Å². The summed E-state index contributed by atoms with van der Waals surface area (Å²) in [7, 11) is 0. The molecule has 0 aliphatic heterocycles. The van der Waals surface area contributed by atoms with Crippen LogP contribution in [0.5, 0.6) is 0 Å². The molecule has 128 valence electrons. The minimum atomic E-state index is -0.515. The van der Waals surface area contributed by atoms with Crippen LogP contribution < -0.4 is 10.9 Å². The van der Waals surface area contributed by atoms with E-state index in [-0.39, 0.29) is 27.3 Å². The molecule has 1 unspecified atom stereocenters. The average molecular weight is 378 g/mol. The van der Waals surface area contributed by atoms with Crippen molar-refractivity contribution >= 4 is 40.6 Å². The van der Waals surface area contributed by atoms with Gasteiger partial charge in [-0.3, -0.25) is 14.6 Å². The first-order valence-electron chi connectivity index (χ1n) is 7.37. The molecule has 8 heteroatoms. The molecule has 1 heterocycles. The molecule has 0 radical (unpaired) electrons. The Balaban J connectivity index is 1.87. The number of hydrogen-bond donors (Lipinski definition) is 3. The highest BCUT2D eigenvalue weighted by Crippen LogP contribution is 2.21.